The van der Waals surface area contributed by atoms with Crippen molar-refractivity contribution in [2.24, 2.45) is 11.8 Å². The average Bonchev–Trinajstić information content (AvgIpc) is 3.60. The van der Waals surface area contributed by atoms with E-state index in [1.165, 1.54) is 36.4 Å². The van der Waals surface area contributed by atoms with E-state index in [-0.39, 0.29) is 54.8 Å². The Bertz CT molecular complexity index is 1330. The Morgan fingerprint density at radius 3 is 2.46 bits per heavy atom. The zero-order valence-corrected chi connectivity index (χ0v) is 24.6. The molecule has 0 radical (unpaired) electrons. The molecule has 222 valence electrons. The lowest BCUT2D eigenvalue weighted by molar-refractivity contribution is -0.147. The second-order valence-electron chi connectivity index (χ2n) is 10.9. The third-order valence-corrected chi connectivity index (χ3v) is 10.5. The number of allylic oxidation sites excluding steroid dienone is 1. The van der Waals surface area contributed by atoms with Crippen molar-refractivity contribution in [1.29, 1.82) is 0 Å². The minimum atomic E-state index is -3.88. The fraction of sp³-hybridized carbons (Fsp3) is 0.500. The molecule has 3 aliphatic rings. The van der Waals surface area contributed by atoms with Gasteiger partial charge in [0.15, 0.2) is 5.76 Å². The number of aliphatic hydroxyl groups excluding tert-OH is 1. The Kier molecular flexibility index (Phi) is 9.56. The molecular formula is C30H37ClN2O7S. The van der Waals surface area contributed by atoms with Crippen molar-refractivity contribution in [3.05, 3.63) is 71.0 Å². The lowest BCUT2D eigenvalue weighted by atomic mass is 9.92. The Morgan fingerprint density at radius 2 is 1.83 bits per heavy atom. The molecule has 2 aliphatic carbocycles. The van der Waals surface area contributed by atoms with Crippen LogP contribution in [0.25, 0.3) is 0 Å². The molecule has 2 N–H and O–H groups in total. The van der Waals surface area contributed by atoms with Gasteiger partial charge in [0.05, 0.1) is 25.2 Å². The van der Waals surface area contributed by atoms with Crippen molar-refractivity contribution in [3.8, 4) is 5.75 Å². The van der Waals surface area contributed by atoms with Gasteiger partial charge in [-0.15, -0.1) is 0 Å². The number of aliphatic hydroxyl groups is 1. The van der Waals surface area contributed by atoms with Crippen molar-refractivity contribution in [2.45, 2.75) is 55.2 Å². The second kappa shape index (κ2) is 13.1. The van der Waals surface area contributed by atoms with Crippen LogP contribution < -0.4 is 10.1 Å². The Labute approximate surface area is 246 Å². The van der Waals surface area contributed by atoms with Gasteiger partial charge in [-0.25, -0.2) is 8.42 Å². The Morgan fingerprint density at radius 1 is 1.07 bits per heavy atom. The van der Waals surface area contributed by atoms with Crippen molar-refractivity contribution < 1.29 is 32.5 Å². The molecule has 2 saturated carbocycles. The fourth-order valence-electron chi connectivity index (χ4n) is 6.17. The van der Waals surface area contributed by atoms with E-state index in [4.69, 9.17) is 25.8 Å². The number of nitrogens with one attached hydrogen (secondary N) is 1. The van der Waals surface area contributed by atoms with Crippen LogP contribution >= 0.6 is 11.6 Å². The molecule has 5 atom stereocenters. The van der Waals surface area contributed by atoms with Crippen LogP contribution in [0, 0.1) is 11.8 Å². The largest absolute Gasteiger partial charge is 0.497 e. The summed E-state index contributed by atoms with van der Waals surface area (Å²) < 4.78 is 44.8. The predicted octanol–water partition coefficient (Wildman–Crippen LogP) is 4.07. The van der Waals surface area contributed by atoms with Gasteiger partial charge < -0.3 is 24.6 Å². The van der Waals surface area contributed by atoms with E-state index < -0.39 is 16.3 Å². The molecule has 1 amide bonds. The summed E-state index contributed by atoms with van der Waals surface area (Å²) in [5.74, 6) is 1.57. The van der Waals surface area contributed by atoms with E-state index in [1.54, 1.807) is 12.1 Å². The maximum atomic E-state index is 13.3. The van der Waals surface area contributed by atoms with Crippen molar-refractivity contribution in [1.82, 2.24) is 9.62 Å². The van der Waals surface area contributed by atoms with Gasteiger partial charge in [0.1, 0.15) is 5.75 Å². The summed E-state index contributed by atoms with van der Waals surface area (Å²) in [6.45, 7) is -0.427. The molecule has 0 aromatic heterocycles. The number of nitrogens with zero attached hydrogens (tertiary/aromatic N) is 1. The highest BCUT2D eigenvalue weighted by atomic mass is 35.5. The first-order valence-electron chi connectivity index (χ1n) is 14.1. The third kappa shape index (κ3) is 7.06. The van der Waals surface area contributed by atoms with Gasteiger partial charge in [-0.05, 0) is 79.1 Å². The molecule has 9 nitrogen and oxygen atoms in total. The molecule has 0 saturated heterocycles. The number of methoxy groups -OCH3 is 1. The number of benzene rings is 2. The van der Waals surface area contributed by atoms with Crippen molar-refractivity contribution in [3.63, 3.8) is 0 Å². The number of ether oxygens (including phenoxy) is 3. The average molecular weight is 605 g/mol. The molecular weight excluding hydrogens is 568 g/mol. The van der Waals surface area contributed by atoms with Crippen LogP contribution in [0.15, 0.2) is 65.3 Å². The molecule has 2 fully saturated rings. The highest BCUT2D eigenvalue weighted by Gasteiger charge is 2.41. The molecule has 2 aromatic rings. The topological polar surface area (TPSA) is 114 Å². The van der Waals surface area contributed by atoms with Gasteiger partial charge in [0, 0.05) is 36.5 Å². The third-order valence-electron chi connectivity index (χ3n) is 8.32. The standard InChI is InChI=1S/C30H37ClN2O7S/c1-38-25-8-10-26(11-9-25)41(36,37)33(12-14-34)13-15-39-29-19-23(21-4-6-24(31)7-5-21)18-28(40-29)30(35)32-27-17-20-2-3-22(27)16-20/h4-11,18,20,22-23,27,29,34H,2-3,12-17,19H2,1H3,(H,32,35)/t20?,22?,23-,27?,29+/m1/s1. The van der Waals surface area contributed by atoms with E-state index in [9.17, 15) is 18.3 Å². The molecule has 1 heterocycles. The summed E-state index contributed by atoms with van der Waals surface area (Å²) in [5.41, 5.74) is 0.973. The fourth-order valence-corrected chi connectivity index (χ4v) is 7.71. The second-order valence-corrected chi connectivity index (χ2v) is 13.3. The lowest BCUT2D eigenvalue weighted by Gasteiger charge is -2.31. The van der Waals surface area contributed by atoms with Crippen LogP contribution in [-0.4, -0.2) is 69.5 Å². The quantitative estimate of drug-likeness (QED) is 0.375. The summed E-state index contributed by atoms with van der Waals surface area (Å²) in [6, 6.07) is 13.7. The summed E-state index contributed by atoms with van der Waals surface area (Å²) >= 11 is 6.10. The molecule has 1 aliphatic heterocycles. The summed E-state index contributed by atoms with van der Waals surface area (Å²) in [4.78, 5) is 13.4. The van der Waals surface area contributed by atoms with Gasteiger partial charge >= 0.3 is 0 Å². The SMILES string of the molecule is COc1ccc(S(=O)(=O)N(CCO)CCO[C@@H]2C[C@H](c3ccc(Cl)cc3)C=C(C(=O)NC3CC4CCC3C4)O2)cc1. The summed E-state index contributed by atoms with van der Waals surface area (Å²) in [5, 5.41) is 13.4. The molecule has 3 unspecified atom stereocenters. The molecule has 2 bridgehead atoms. The highest BCUT2D eigenvalue weighted by Crippen LogP contribution is 2.44. The minimum absolute atomic E-state index is 0.00319. The smallest absolute Gasteiger partial charge is 0.286 e. The summed E-state index contributed by atoms with van der Waals surface area (Å²) in [6.07, 6.45) is 6.09. The zero-order valence-electron chi connectivity index (χ0n) is 23.1. The summed E-state index contributed by atoms with van der Waals surface area (Å²) in [7, 11) is -2.38. The monoisotopic (exact) mass is 604 g/mol. The van der Waals surface area contributed by atoms with Crippen LogP contribution in [0.2, 0.25) is 5.02 Å². The van der Waals surface area contributed by atoms with E-state index in [1.807, 2.05) is 30.3 Å². The van der Waals surface area contributed by atoms with Gasteiger partial charge in [-0.1, -0.05) is 30.2 Å². The van der Waals surface area contributed by atoms with E-state index in [0.29, 0.717) is 29.0 Å². The van der Waals surface area contributed by atoms with Gasteiger partial charge in [0.2, 0.25) is 16.3 Å². The van der Waals surface area contributed by atoms with Crippen LogP contribution in [0.1, 0.15) is 43.6 Å². The van der Waals surface area contributed by atoms with Crippen LogP contribution in [-0.2, 0) is 24.3 Å². The maximum Gasteiger partial charge on any atom is 0.286 e. The first-order chi connectivity index (χ1) is 19.8. The van der Waals surface area contributed by atoms with Gasteiger partial charge in [0.25, 0.3) is 5.91 Å². The van der Waals surface area contributed by atoms with Gasteiger partial charge in [-0.2, -0.15) is 4.31 Å². The zero-order chi connectivity index (χ0) is 29.0. The Hall–Kier alpha value is -2.63. The molecule has 0 spiro atoms. The number of hydrogen-bond donors (Lipinski definition) is 2. The van der Waals surface area contributed by atoms with E-state index in [0.717, 1.165) is 18.4 Å². The van der Waals surface area contributed by atoms with E-state index in [2.05, 4.69) is 5.32 Å². The normalized spacial score (nSPS) is 25.6. The molecule has 41 heavy (non-hydrogen) atoms. The van der Waals surface area contributed by atoms with Crippen LogP contribution in [0.5, 0.6) is 5.75 Å². The molecule has 11 heteroatoms. The lowest BCUT2D eigenvalue weighted by Crippen LogP contribution is -2.41. The van der Waals surface area contributed by atoms with Crippen molar-refractivity contribution in [2.75, 3.05) is 33.4 Å². The maximum absolute atomic E-state index is 13.3. The van der Waals surface area contributed by atoms with Crippen molar-refractivity contribution >= 4 is 27.5 Å². The van der Waals surface area contributed by atoms with E-state index >= 15 is 0 Å². The highest BCUT2D eigenvalue weighted by molar-refractivity contribution is 7.89. The number of carbonyl (C=O) groups excluding carboxylic acids is 1. The first kappa shape index (κ1) is 29.8. The number of amides is 1. The number of halogens is 1. The number of carbonyl (C=O) groups is 1. The number of rotatable bonds is 12. The predicted molar refractivity (Wildman–Crippen MR) is 154 cm³/mol. The van der Waals surface area contributed by atoms with Crippen LogP contribution in [0.4, 0.5) is 0 Å². The minimum Gasteiger partial charge on any atom is -0.497 e. The number of fused-ring (bicyclic) bond motifs is 2. The number of hydrogen-bond acceptors (Lipinski definition) is 7. The molecule has 5 rings (SSSR count). The molecule has 2 aromatic carbocycles. The first-order valence-corrected chi connectivity index (χ1v) is 15.9. The van der Waals surface area contributed by atoms with Crippen LogP contribution in [0.3, 0.4) is 0 Å². The van der Waals surface area contributed by atoms with Gasteiger partial charge in [-0.3, -0.25) is 4.79 Å². The Balaban J connectivity index is 1.26. The number of sulfonamides is 1.